The Morgan fingerprint density at radius 2 is 2.00 bits per heavy atom. The molecule has 1 atom stereocenters. The second-order valence-electron chi connectivity index (χ2n) is 8.61. The van der Waals surface area contributed by atoms with Crippen LogP contribution in [0.2, 0.25) is 0 Å². The molecule has 1 aliphatic rings. The van der Waals surface area contributed by atoms with Gasteiger partial charge in [-0.25, -0.2) is 4.98 Å². The summed E-state index contributed by atoms with van der Waals surface area (Å²) in [4.78, 5) is 33.7. The van der Waals surface area contributed by atoms with Gasteiger partial charge in [0.2, 0.25) is 0 Å². The number of ether oxygens (including phenoxy) is 1. The zero-order chi connectivity index (χ0) is 24.5. The minimum absolute atomic E-state index is 0.152. The van der Waals surface area contributed by atoms with Crippen LogP contribution in [-0.4, -0.2) is 70.7 Å². The van der Waals surface area contributed by atoms with Crippen molar-refractivity contribution in [1.29, 1.82) is 0 Å². The number of nitrogens with zero attached hydrogens (tertiary/aromatic N) is 2. The van der Waals surface area contributed by atoms with Gasteiger partial charge in [-0.1, -0.05) is 30.3 Å². The highest BCUT2D eigenvalue weighted by atomic mass is 16.5. The van der Waals surface area contributed by atoms with Gasteiger partial charge in [0, 0.05) is 56.6 Å². The first-order chi connectivity index (χ1) is 17.1. The van der Waals surface area contributed by atoms with Crippen LogP contribution in [-0.2, 0) is 24.2 Å². The first-order valence-electron chi connectivity index (χ1n) is 11.8. The van der Waals surface area contributed by atoms with Crippen molar-refractivity contribution in [3.8, 4) is 5.75 Å². The number of amides is 2. The topological polar surface area (TPSA) is 120 Å². The fraction of sp³-hybridized carbons (Fsp3) is 0.346. The third-order valence-corrected chi connectivity index (χ3v) is 5.91. The summed E-state index contributed by atoms with van der Waals surface area (Å²) in [6.45, 7) is 2.61. The van der Waals surface area contributed by atoms with Gasteiger partial charge in [-0.3, -0.25) is 14.5 Å². The summed E-state index contributed by atoms with van der Waals surface area (Å²) < 4.78 is 5.55. The van der Waals surface area contributed by atoms with Gasteiger partial charge in [0.15, 0.2) is 6.61 Å². The van der Waals surface area contributed by atoms with Gasteiger partial charge < -0.3 is 25.5 Å². The van der Waals surface area contributed by atoms with Crippen LogP contribution in [0.15, 0.2) is 61.1 Å². The van der Waals surface area contributed by atoms with Crippen LogP contribution >= 0.6 is 0 Å². The number of carbonyl (C=O) groups excluding carboxylic acids is 2. The van der Waals surface area contributed by atoms with Gasteiger partial charge in [0.05, 0.1) is 12.4 Å². The molecule has 0 aliphatic carbocycles. The molecule has 4 N–H and O–H groups in total. The van der Waals surface area contributed by atoms with E-state index < -0.39 is 6.10 Å². The number of aromatic amines is 1. The van der Waals surface area contributed by atoms with Crippen molar-refractivity contribution < 1.29 is 19.4 Å². The maximum atomic E-state index is 12.4. The van der Waals surface area contributed by atoms with E-state index in [1.165, 1.54) is 11.1 Å². The lowest BCUT2D eigenvalue weighted by atomic mass is 10.00. The van der Waals surface area contributed by atoms with Gasteiger partial charge in [-0.05, 0) is 35.7 Å². The molecule has 184 valence electrons. The molecule has 1 unspecified atom stereocenters. The van der Waals surface area contributed by atoms with E-state index in [9.17, 15) is 14.7 Å². The highest BCUT2D eigenvalue weighted by Gasteiger charge is 2.19. The number of hydrogen-bond donors (Lipinski definition) is 4. The van der Waals surface area contributed by atoms with Crippen molar-refractivity contribution in [2.75, 3.05) is 32.8 Å². The summed E-state index contributed by atoms with van der Waals surface area (Å²) in [6.07, 6.45) is 4.27. The first kappa shape index (κ1) is 24.4. The van der Waals surface area contributed by atoms with Crippen molar-refractivity contribution in [3.05, 3.63) is 83.4 Å². The van der Waals surface area contributed by atoms with Crippen molar-refractivity contribution >= 4 is 11.8 Å². The second kappa shape index (κ2) is 12.1. The predicted octanol–water partition coefficient (Wildman–Crippen LogP) is 1.30. The molecule has 9 nitrogen and oxygen atoms in total. The Bertz CT molecular complexity index is 1120. The summed E-state index contributed by atoms with van der Waals surface area (Å²) in [5, 5.41) is 15.9. The third kappa shape index (κ3) is 7.40. The Labute approximate surface area is 204 Å². The molecular formula is C26H31N5O4. The number of H-pyrrole nitrogens is 1. The van der Waals surface area contributed by atoms with Crippen LogP contribution in [0.3, 0.4) is 0 Å². The number of imidazole rings is 1. The van der Waals surface area contributed by atoms with Crippen LogP contribution < -0.4 is 15.4 Å². The zero-order valence-corrected chi connectivity index (χ0v) is 19.6. The summed E-state index contributed by atoms with van der Waals surface area (Å²) >= 11 is 0. The fourth-order valence-corrected chi connectivity index (χ4v) is 4.07. The minimum Gasteiger partial charge on any atom is -0.484 e. The zero-order valence-electron chi connectivity index (χ0n) is 19.6. The lowest BCUT2D eigenvalue weighted by Gasteiger charge is -2.30. The standard InChI is InChI=1S/C26H31N5O4/c32-23(16-31-11-9-19-4-1-2-5-21(19)15-31)14-29-25(33)17-35-24-7-3-6-20(12-24)26(34)28-10-8-22-13-27-18-30-22/h1-7,12-13,18,23,32H,8-11,14-17H2,(H,27,30)(H,28,34)(H,29,33). The average Bonchev–Trinajstić information content (AvgIpc) is 3.40. The van der Waals surface area contributed by atoms with E-state index >= 15 is 0 Å². The van der Waals surface area contributed by atoms with Crippen LogP contribution in [0.1, 0.15) is 27.2 Å². The number of fused-ring (bicyclic) bond motifs is 1. The number of hydrogen-bond acceptors (Lipinski definition) is 6. The van der Waals surface area contributed by atoms with Gasteiger partial charge in [-0.15, -0.1) is 0 Å². The van der Waals surface area contributed by atoms with Crippen molar-refractivity contribution in [2.45, 2.75) is 25.5 Å². The van der Waals surface area contributed by atoms with Crippen LogP contribution in [0, 0.1) is 0 Å². The van der Waals surface area contributed by atoms with Gasteiger partial charge in [-0.2, -0.15) is 0 Å². The highest BCUT2D eigenvalue weighted by Crippen LogP contribution is 2.18. The Kier molecular flexibility index (Phi) is 8.48. The van der Waals surface area contributed by atoms with Crippen molar-refractivity contribution in [1.82, 2.24) is 25.5 Å². The number of aromatic nitrogens is 2. The number of carbonyl (C=O) groups is 2. The molecule has 2 aromatic carbocycles. The molecule has 4 rings (SSSR count). The lowest BCUT2D eigenvalue weighted by Crippen LogP contribution is -2.42. The van der Waals surface area contributed by atoms with Crippen molar-refractivity contribution in [2.24, 2.45) is 0 Å². The fourth-order valence-electron chi connectivity index (χ4n) is 4.07. The van der Waals surface area contributed by atoms with Crippen molar-refractivity contribution in [3.63, 3.8) is 0 Å². The number of benzene rings is 2. The molecule has 35 heavy (non-hydrogen) atoms. The Hall–Kier alpha value is -3.69. The SMILES string of the molecule is O=C(COc1cccc(C(=O)NCCc2cnc[nH]2)c1)NCC(O)CN1CCc2ccccc2C1. The van der Waals surface area contributed by atoms with Crippen LogP contribution in [0.4, 0.5) is 0 Å². The molecule has 9 heteroatoms. The molecule has 2 heterocycles. The molecule has 0 saturated carbocycles. The molecule has 0 radical (unpaired) electrons. The molecule has 1 aliphatic heterocycles. The molecule has 0 spiro atoms. The summed E-state index contributed by atoms with van der Waals surface area (Å²) in [7, 11) is 0. The number of aliphatic hydroxyl groups excluding tert-OH is 1. The number of nitrogens with one attached hydrogen (secondary N) is 3. The van der Waals surface area contributed by atoms with E-state index in [0.717, 1.165) is 25.2 Å². The van der Waals surface area contributed by atoms with E-state index in [-0.39, 0.29) is 25.0 Å². The smallest absolute Gasteiger partial charge is 0.258 e. The van der Waals surface area contributed by atoms with Crippen LogP contribution in [0.25, 0.3) is 0 Å². The van der Waals surface area contributed by atoms with Gasteiger partial charge in [0.25, 0.3) is 11.8 Å². The van der Waals surface area contributed by atoms with E-state index in [0.29, 0.717) is 30.8 Å². The maximum absolute atomic E-state index is 12.4. The number of β-amino-alcohol motifs (C(OH)–C–C–N with tert-alkyl or cyclic N) is 1. The quantitative estimate of drug-likeness (QED) is 0.331. The normalized spacial score (nSPS) is 14.1. The summed E-state index contributed by atoms with van der Waals surface area (Å²) in [5.74, 6) is -0.126. The molecular weight excluding hydrogens is 446 g/mol. The monoisotopic (exact) mass is 477 g/mol. The first-order valence-corrected chi connectivity index (χ1v) is 11.8. The number of aliphatic hydroxyl groups is 1. The lowest BCUT2D eigenvalue weighted by molar-refractivity contribution is -0.123. The number of rotatable bonds is 11. The third-order valence-electron chi connectivity index (χ3n) is 5.91. The summed E-state index contributed by atoms with van der Waals surface area (Å²) in [6, 6.07) is 15.0. The largest absolute Gasteiger partial charge is 0.484 e. The second-order valence-corrected chi connectivity index (χ2v) is 8.61. The summed E-state index contributed by atoms with van der Waals surface area (Å²) in [5.41, 5.74) is 4.04. The van der Waals surface area contributed by atoms with Crippen LogP contribution in [0.5, 0.6) is 5.75 Å². The molecule has 1 aromatic heterocycles. The molecule has 2 amide bonds. The molecule has 0 fully saturated rings. The Morgan fingerprint density at radius 3 is 2.83 bits per heavy atom. The average molecular weight is 478 g/mol. The minimum atomic E-state index is -0.669. The predicted molar refractivity (Wildman–Crippen MR) is 131 cm³/mol. The molecule has 0 bridgehead atoms. The molecule has 3 aromatic rings. The van der Waals surface area contributed by atoms with E-state index in [4.69, 9.17) is 4.74 Å². The van der Waals surface area contributed by atoms with Gasteiger partial charge in [0.1, 0.15) is 5.75 Å². The van der Waals surface area contributed by atoms with Gasteiger partial charge >= 0.3 is 0 Å². The maximum Gasteiger partial charge on any atom is 0.258 e. The highest BCUT2D eigenvalue weighted by molar-refractivity contribution is 5.94. The van der Waals surface area contributed by atoms with E-state index in [1.54, 1.807) is 36.8 Å². The Balaban J connectivity index is 1.15. The molecule has 0 saturated heterocycles. The van der Waals surface area contributed by atoms with E-state index in [1.807, 2.05) is 6.07 Å². The Morgan fingerprint density at radius 1 is 1.14 bits per heavy atom. The van der Waals surface area contributed by atoms with E-state index in [2.05, 4.69) is 43.7 Å².